The Balaban J connectivity index is 3.49. The topological polar surface area (TPSA) is 35.5 Å². The van der Waals surface area contributed by atoms with Gasteiger partial charge in [-0.25, -0.2) is 4.79 Å². The van der Waals surface area contributed by atoms with Gasteiger partial charge in [0.1, 0.15) is 0 Å². The molecule has 0 saturated carbocycles. The van der Waals surface area contributed by atoms with Gasteiger partial charge in [-0.1, -0.05) is 5.92 Å². The number of ether oxygens (including phenoxy) is 2. The zero-order valence-electron chi connectivity index (χ0n) is 6.09. The predicted octanol–water partition coefficient (Wildman–Crippen LogP) is 1.18. The lowest BCUT2D eigenvalue weighted by atomic mass is 10.4. The Morgan fingerprint density at radius 2 is 2.40 bits per heavy atom. The van der Waals surface area contributed by atoms with Crippen LogP contribution in [-0.2, 0) is 9.47 Å². The molecule has 56 valence electrons. The molecule has 1 atom stereocenters. The van der Waals surface area contributed by atoms with Crippen LogP contribution in [0.4, 0.5) is 4.79 Å². The van der Waals surface area contributed by atoms with E-state index in [9.17, 15) is 4.79 Å². The molecule has 0 spiro atoms. The van der Waals surface area contributed by atoms with Gasteiger partial charge < -0.3 is 9.47 Å². The van der Waals surface area contributed by atoms with E-state index >= 15 is 0 Å². The predicted molar refractivity (Wildman–Crippen MR) is 36.4 cm³/mol. The molecule has 0 amide bonds. The fourth-order valence-corrected chi connectivity index (χ4v) is 0.330. The van der Waals surface area contributed by atoms with E-state index in [0.717, 1.165) is 0 Å². The van der Waals surface area contributed by atoms with Crippen LogP contribution in [-0.4, -0.2) is 18.9 Å². The largest absolute Gasteiger partial charge is 0.509 e. The van der Waals surface area contributed by atoms with Gasteiger partial charge >= 0.3 is 6.16 Å². The molecule has 0 fully saturated rings. The second-order valence-electron chi connectivity index (χ2n) is 1.61. The van der Waals surface area contributed by atoms with Crippen molar-refractivity contribution in [1.82, 2.24) is 0 Å². The lowest BCUT2D eigenvalue weighted by Gasteiger charge is -2.05. The maximum Gasteiger partial charge on any atom is 0.509 e. The van der Waals surface area contributed by atoms with Crippen LogP contribution in [0.25, 0.3) is 0 Å². The third-order valence-corrected chi connectivity index (χ3v) is 0.770. The van der Waals surface area contributed by atoms with Crippen molar-refractivity contribution in [1.29, 1.82) is 0 Å². The second kappa shape index (κ2) is 4.68. The maximum absolute atomic E-state index is 10.5. The number of hydrogen-bond donors (Lipinski definition) is 0. The zero-order valence-corrected chi connectivity index (χ0v) is 6.09. The standard InChI is InChI=1S/C7H10O3/c1-4-6(3)10-7(8)9-5-2/h1,6H,5H2,2-3H3/t6-/m1/s1. The number of rotatable bonds is 2. The van der Waals surface area contributed by atoms with Gasteiger partial charge in [0.15, 0.2) is 6.10 Å². The van der Waals surface area contributed by atoms with Crippen LogP contribution in [0.15, 0.2) is 0 Å². The van der Waals surface area contributed by atoms with Crippen LogP contribution >= 0.6 is 0 Å². The fourth-order valence-electron chi connectivity index (χ4n) is 0.330. The number of terminal acetylenes is 1. The molecular formula is C7H10O3. The zero-order chi connectivity index (χ0) is 7.98. The van der Waals surface area contributed by atoms with E-state index in [1.165, 1.54) is 0 Å². The summed E-state index contributed by atoms with van der Waals surface area (Å²) in [5, 5.41) is 0. The monoisotopic (exact) mass is 142 g/mol. The molecule has 10 heavy (non-hydrogen) atoms. The van der Waals surface area contributed by atoms with Gasteiger partial charge in [0.25, 0.3) is 0 Å². The van der Waals surface area contributed by atoms with Gasteiger partial charge in [-0.05, 0) is 13.8 Å². The van der Waals surface area contributed by atoms with Crippen molar-refractivity contribution in [3.63, 3.8) is 0 Å². The van der Waals surface area contributed by atoms with E-state index in [1.54, 1.807) is 13.8 Å². The summed E-state index contributed by atoms with van der Waals surface area (Å²) < 4.78 is 9.00. The number of carbonyl (C=O) groups is 1. The Morgan fingerprint density at radius 1 is 1.80 bits per heavy atom. The summed E-state index contributed by atoms with van der Waals surface area (Å²) in [6, 6.07) is 0. The summed E-state index contributed by atoms with van der Waals surface area (Å²) >= 11 is 0. The Hall–Kier alpha value is -1.17. The molecule has 0 aliphatic rings. The molecule has 0 unspecified atom stereocenters. The second-order valence-corrected chi connectivity index (χ2v) is 1.61. The van der Waals surface area contributed by atoms with Gasteiger partial charge in [0.2, 0.25) is 0 Å². The van der Waals surface area contributed by atoms with Crippen LogP contribution in [0.1, 0.15) is 13.8 Å². The molecule has 0 aliphatic carbocycles. The maximum atomic E-state index is 10.5. The van der Waals surface area contributed by atoms with Gasteiger partial charge in [0.05, 0.1) is 6.61 Å². The van der Waals surface area contributed by atoms with Gasteiger partial charge in [0, 0.05) is 0 Å². The molecule has 0 saturated heterocycles. The minimum atomic E-state index is -0.715. The van der Waals surface area contributed by atoms with Crippen LogP contribution in [0, 0.1) is 12.3 Å². The Labute approximate surface area is 60.3 Å². The van der Waals surface area contributed by atoms with E-state index in [2.05, 4.69) is 15.4 Å². The van der Waals surface area contributed by atoms with Crippen LogP contribution in [0.2, 0.25) is 0 Å². The normalized spacial score (nSPS) is 11.3. The lowest BCUT2D eigenvalue weighted by molar-refractivity contribution is 0.0477. The molecule has 3 nitrogen and oxygen atoms in total. The van der Waals surface area contributed by atoms with Crippen LogP contribution < -0.4 is 0 Å². The van der Waals surface area contributed by atoms with Gasteiger partial charge in [-0.3, -0.25) is 0 Å². The molecule has 0 radical (unpaired) electrons. The summed E-state index contributed by atoms with van der Waals surface area (Å²) in [5.41, 5.74) is 0. The third-order valence-electron chi connectivity index (χ3n) is 0.770. The first kappa shape index (κ1) is 8.83. The van der Waals surface area contributed by atoms with Crippen molar-refractivity contribution in [3.05, 3.63) is 0 Å². The summed E-state index contributed by atoms with van der Waals surface area (Å²) in [5.74, 6) is 2.23. The van der Waals surface area contributed by atoms with E-state index < -0.39 is 12.3 Å². The van der Waals surface area contributed by atoms with E-state index in [4.69, 9.17) is 6.42 Å². The van der Waals surface area contributed by atoms with Crippen LogP contribution in [0.5, 0.6) is 0 Å². The van der Waals surface area contributed by atoms with E-state index in [-0.39, 0.29) is 0 Å². The van der Waals surface area contributed by atoms with Crippen molar-refractivity contribution in [2.75, 3.05) is 6.61 Å². The highest BCUT2D eigenvalue weighted by Gasteiger charge is 2.05. The van der Waals surface area contributed by atoms with Crippen molar-refractivity contribution < 1.29 is 14.3 Å². The molecule has 0 rings (SSSR count). The molecule has 0 bridgehead atoms. The molecule has 0 aromatic carbocycles. The highest BCUT2D eigenvalue weighted by Crippen LogP contribution is 1.91. The number of carbonyl (C=O) groups excluding carboxylic acids is 1. The minimum absolute atomic E-state index is 0.302. The highest BCUT2D eigenvalue weighted by atomic mass is 16.7. The van der Waals surface area contributed by atoms with Crippen molar-refractivity contribution in [2.45, 2.75) is 20.0 Å². The smallest absolute Gasteiger partial charge is 0.435 e. The first-order valence-electron chi connectivity index (χ1n) is 3.00. The molecule has 0 heterocycles. The Kier molecular flexibility index (Phi) is 4.14. The van der Waals surface area contributed by atoms with Crippen molar-refractivity contribution in [3.8, 4) is 12.3 Å². The summed E-state index contributed by atoms with van der Waals surface area (Å²) in [6.45, 7) is 3.59. The van der Waals surface area contributed by atoms with Crippen LogP contribution in [0.3, 0.4) is 0 Å². The van der Waals surface area contributed by atoms with Crippen molar-refractivity contribution in [2.24, 2.45) is 0 Å². The first-order chi connectivity index (χ1) is 4.70. The van der Waals surface area contributed by atoms with Gasteiger partial charge in [-0.15, -0.1) is 6.42 Å². The van der Waals surface area contributed by atoms with Gasteiger partial charge in [-0.2, -0.15) is 0 Å². The lowest BCUT2D eigenvalue weighted by Crippen LogP contribution is -2.13. The van der Waals surface area contributed by atoms with Crippen molar-refractivity contribution >= 4 is 6.16 Å². The molecular weight excluding hydrogens is 132 g/mol. The molecule has 0 aromatic heterocycles. The highest BCUT2D eigenvalue weighted by molar-refractivity contribution is 5.60. The molecule has 0 aromatic rings. The summed E-state index contributed by atoms with van der Waals surface area (Å²) in [6.07, 6.45) is 3.70. The Morgan fingerprint density at radius 3 is 2.80 bits per heavy atom. The SMILES string of the molecule is C#C[C@@H](C)OC(=O)OCC. The summed E-state index contributed by atoms with van der Waals surface area (Å²) in [4.78, 5) is 10.5. The molecule has 0 N–H and O–H groups in total. The van der Waals surface area contributed by atoms with E-state index in [1.807, 2.05) is 0 Å². The molecule has 0 aliphatic heterocycles. The fraction of sp³-hybridized carbons (Fsp3) is 0.571. The minimum Gasteiger partial charge on any atom is -0.435 e. The average molecular weight is 142 g/mol. The first-order valence-corrected chi connectivity index (χ1v) is 3.00. The van der Waals surface area contributed by atoms with E-state index in [0.29, 0.717) is 6.61 Å². The average Bonchev–Trinajstić information content (AvgIpc) is 1.88. The summed E-state index contributed by atoms with van der Waals surface area (Å²) in [7, 11) is 0. The quantitative estimate of drug-likeness (QED) is 0.429. The Bertz CT molecular complexity index is 145. The third kappa shape index (κ3) is 3.79. The number of hydrogen-bond acceptors (Lipinski definition) is 3. The molecule has 3 heteroatoms.